The van der Waals surface area contributed by atoms with Crippen molar-refractivity contribution in [1.82, 2.24) is 4.90 Å². The number of hydrogen-bond donors (Lipinski definition) is 1. The van der Waals surface area contributed by atoms with Gasteiger partial charge in [-0.2, -0.15) is 0 Å². The number of likely N-dealkylation sites (tertiary alicyclic amines) is 1. The third-order valence-electron chi connectivity index (χ3n) is 3.45. The van der Waals surface area contributed by atoms with Gasteiger partial charge in [0.2, 0.25) is 0 Å². The molecule has 0 saturated carbocycles. The molecule has 102 valence electrons. The molecule has 0 spiro atoms. The van der Waals surface area contributed by atoms with Crippen molar-refractivity contribution in [2.24, 2.45) is 5.92 Å². The van der Waals surface area contributed by atoms with E-state index in [9.17, 15) is 14.0 Å². The van der Waals surface area contributed by atoms with Crippen molar-refractivity contribution in [3.8, 4) is 0 Å². The largest absolute Gasteiger partial charge is 0.481 e. The van der Waals surface area contributed by atoms with Gasteiger partial charge in [0, 0.05) is 5.56 Å². The molecule has 0 radical (unpaired) electrons. The fraction of sp³-hybridized carbons (Fsp3) is 0.429. The van der Waals surface area contributed by atoms with Crippen LogP contribution in [0.15, 0.2) is 24.3 Å². The van der Waals surface area contributed by atoms with Gasteiger partial charge in [-0.05, 0) is 38.1 Å². The molecule has 0 atom stereocenters. The van der Waals surface area contributed by atoms with Crippen LogP contribution in [-0.4, -0.2) is 41.4 Å². The molecule has 1 heterocycles. The van der Waals surface area contributed by atoms with Gasteiger partial charge in [0.15, 0.2) is 5.78 Å². The number of Topliss-reactive ketones (excluding diaryl/α,β-unsaturated/α-hetero) is 1. The van der Waals surface area contributed by atoms with Gasteiger partial charge in [-0.3, -0.25) is 14.5 Å². The Bertz CT molecular complexity index is 481. The number of piperidine rings is 1. The van der Waals surface area contributed by atoms with E-state index in [0.717, 1.165) is 0 Å². The molecule has 0 aromatic heterocycles. The van der Waals surface area contributed by atoms with Gasteiger partial charge in [-0.1, -0.05) is 12.1 Å². The van der Waals surface area contributed by atoms with Gasteiger partial charge >= 0.3 is 5.97 Å². The quantitative estimate of drug-likeness (QED) is 0.843. The molecule has 0 aliphatic carbocycles. The third kappa shape index (κ3) is 3.61. The van der Waals surface area contributed by atoms with E-state index in [1.54, 1.807) is 6.07 Å². The van der Waals surface area contributed by atoms with Crippen LogP contribution in [0.3, 0.4) is 0 Å². The molecule has 1 aromatic rings. The molecule has 19 heavy (non-hydrogen) atoms. The number of aliphatic carboxylic acids is 1. The Balaban J connectivity index is 1.89. The molecule has 0 bridgehead atoms. The van der Waals surface area contributed by atoms with E-state index in [4.69, 9.17) is 5.11 Å². The minimum absolute atomic E-state index is 0.131. The Hall–Kier alpha value is -1.75. The second-order valence-corrected chi connectivity index (χ2v) is 4.82. The highest BCUT2D eigenvalue weighted by molar-refractivity contribution is 5.97. The Labute approximate surface area is 110 Å². The summed E-state index contributed by atoms with van der Waals surface area (Å²) >= 11 is 0. The molecule has 2 rings (SSSR count). The van der Waals surface area contributed by atoms with Crippen LogP contribution in [0.5, 0.6) is 0 Å². The van der Waals surface area contributed by atoms with Crippen LogP contribution in [0.25, 0.3) is 0 Å². The first-order chi connectivity index (χ1) is 9.06. The Morgan fingerprint density at radius 3 is 2.58 bits per heavy atom. The van der Waals surface area contributed by atoms with E-state index in [1.807, 2.05) is 4.90 Å². The van der Waals surface area contributed by atoms with Crippen LogP contribution >= 0.6 is 0 Å². The summed E-state index contributed by atoms with van der Waals surface area (Å²) in [6.45, 7) is 1.41. The van der Waals surface area contributed by atoms with Crippen molar-refractivity contribution in [2.75, 3.05) is 19.6 Å². The maximum Gasteiger partial charge on any atom is 0.306 e. The maximum absolute atomic E-state index is 13.0. The molecule has 1 fully saturated rings. The number of carbonyl (C=O) groups is 2. The minimum atomic E-state index is -0.767. The molecule has 1 aliphatic heterocycles. The summed E-state index contributed by atoms with van der Waals surface area (Å²) in [6.07, 6.45) is 1.12. The lowest BCUT2D eigenvalue weighted by Gasteiger charge is -2.29. The summed E-state index contributed by atoms with van der Waals surface area (Å²) in [5.74, 6) is -1.62. The minimum Gasteiger partial charge on any atom is -0.481 e. The van der Waals surface area contributed by atoms with Gasteiger partial charge in [-0.25, -0.2) is 4.39 Å². The highest BCUT2D eigenvalue weighted by atomic mass is 19.1. The molecule has 1 aromatic carbocycles. The first-order valence-corrected chi connectivity index (χ1v) is 6.30. The molecule has 0 amide bonds. The zero-order valence-corrected chi connectivity index (χ0v) is 10.5. The second-order valence-electron chi connectivity index (χ2n) is 4.82. The van der Waals surface area contributed by atoms with Crippen molar-refractivity contribution < 1.29 is 19.1 Å². The van der Waals surface area contributed by atoms with Gasteiger partial charge in [0.25, 0.3) is 0 Å². The number of rotatable bonds is 4. The third-order valence-corrected chi connectivity index (χ3v) is 3.45. The van der Waals surface area contributed by atoms with Crippen LogP contribution in [0.4, 0.5) is 4.39 Å². The van der Waals surface area contributed by atoms with Crippen LogP contribution in [0.1, 0.15) is 23.2 Å². The molecule has 5 heteroatoms. The fourth-order valence-electron chi connectivity index (χ4n) is 2.29. The summed E-state index contributed by atoms with van der Waals surface area (Å²) < 4.78 is 13.0. The maximum atomic E-state index is 13.0. The van der Waals surface area contributed by atoms with E-state index < -0.39 is 11.8 Å². The summed E-state index contributed by atoms with van der Waals surface area (Å²) in [4.78, 5) is 24.7. The monoisotopic (exact) mass is 265 g/mol. The topological polar surface area (TPSA) is 57.6 Å². The first kappa shape index (κ1) is 13.7. The van der Waals surface area contributed by atoms with Gasteiger partial charge < -0.3 is 5.11 Å². The molecule has 0 unspecified atom stereocenters. The van der Waals surface area contributed by atoms with Crippen LogP contribution in [0, 0.1) is 11.7 Å². The average Bonchev–Trinajstić information content (AvgIpc) is 2.39. The number of halogens is 1. The molecule has 1 aliphatic rings. The zero-order chi connectivity index (χ0) is 13.8. The number of benzene rings is 1. The first-order valence-electron chi connectivity index (χ1n) is 6.30. The van der Waals surface area contributed by atoms with Crippen molar-refractivity contribution in [1.29, 1.82) is 0 Å². The molecular weight excluding hydrogens is 249 g/mol. The summed E-state index contributed by atoms with van der Waals surface area (Å²) in [6, 6.07) is 5.64. The highest BCUT2D eigenvalue weighted by Gasteiger charge is 2.25. The molecule has 1 N–H and O–H groups in total. The number of carboxylic acids is 1. The molecule has 1 saturated heterocycles. The van der Waals surface area contributed by atoms with Crippen molar-refractivity contribution >= 4 is 11.8 Å². The average molecular weight is 265 g/mol. The van der Waals surface area contributed by atoms with Crippen LogP contribution in [0.2, 0.25) is 0 Å². The number of hydrogen-bond acceptors (Lipinski definition) is 3. The van der Waals surface area contributed by atoms with E-state index in [0.29, 0.717) is 31.5 Å². The van der Waals surface area contributed by atoms with E-state index in [1.165, 1.54) is 18.2 Å². The van der Waals surface area contributed by atoms with Gasteiger partial charge in [-0.15, -0.1) is 0 Å². The Morgan fingerprint density at radius 1 is 1.32 bits per heavy atom. The standard InChI is InChI=1S/C14H16FNO3/c15-12-3-1-2-11(8-12)13(17)9-16-6-4-10(5-7-16)14(18)19/h1-3,8,10H,4-7,9H2,(H,18,19). The zero-order valence-electron chi connectivity index (χ0n) is 10.5. The predicted octanol–water partition coefficient (Wildman–Crippen LogP) is 1.80. The number of ketones is 1. The summed E-state index contributed by atoms with van der Waals surface area (Å²) in [5, 5.41) is 8.89. The number of carboxylic acid groups (broad SMARTS) is 1. The second kappa shape index (κ2) is 5.93. The van der Waals surface area contributed by atoms with Crippen molar-refractivity contribution in [3.63, 3.8) is 0 Å². The van der Waals surface area contributed by atoms with E-state index in [2.05, 4.69) is 0 Å². The summed E-state index contributed by atoms with van der Waals surface area (Å²) in [5.41, 5.74) is 0.361. The lowest BCUT2D eigenvalue weighted by molar-refractivity contribution is -0.143. The predicted molar refractivity (Wildman–Crippen MR) is 67.5 cm³/mol. The molecular formula is C14H16FNO3. The lowest BCUT2D eigenvalue weighted by Crippen LogP contribution is -2.39. The van der Waals surface area contributed by atoms with Gasteiger partial charge in [0.1, 0.15) is 5.82 Å². The lowest BCUT2D eigenvalue weighted by atomic mass is 9.97. The molecule has 4 nitrogen and oxygen atoms in total. The summed E-state index contributed by atoms with van der Waals surface area (Å²) in [7, 11) is 0. The SMILES string of the molecule is O=C(CN1CCC(C(=O)O)CC1)c1cccc(F)c1. The number of nitrogens with zero attached hydrogens (tertiary/aromatic N) is 1. The fourth-order valence-corrected chi connectivity index (χ4v) is 2.29. The van der Waals surface area contributed by atoms with E-state index >= 15 is 0 Å². The van der Waals surface area contributed by atoms with Crippen molar-refractivity contribution in [2.45, 2.75) is 12.8 Å². The number of carbonyl (C=O) groups excluding carboxylic acids is 1. The smallest absolute Gasteiger partial charge is 0.306 e. The van der Waals surface area contributed by atoms with E-state index in [-0.39, 0.29) is 18.2 Å². The Kier molecular flexibility index (Phi) is 4.27. The highest BCUT2D eigenvalue weighted by Crippen LogP contribution is 2.17. The van der Waals surface area contributed by atoms with Gasteiger partial charge in [0.05, 0.1) is 12.5 Å². The Morgan fingerprint density at radius 2 is 2.00 bits per heavy atom. The van der Waals surface area contributed by atoms with Crippen LogP contribution in [-0.2, 0) is 4.79 Å². The van der Waals surface area contributed by atoms with Crippen molar-refractivity contribution in [3.05, 3.63) is 35.6 Å². The normalized spacial score (nSPS) is 17.3. The van der Waals surface area contributed by atoms with Crippen LogP contribution < -0.4 is 0 Å².